The van der Waals surface area contributed by atoms with E-state index in [1.165, 1.54) is 82.7 Å². The molecule has 2 nitrogen and oxygen atoms in total. The second-order valence-electron chi connectivity index (χ2n) is 18.7. The van der Waals surface area contributed by atoms with Gasteiger partial charge in [-0.3, -0.25) is 0 Å². The minimum absolute atomic E-state index is 0.381. The van der Waals surface area contributed by atoms with Crippen LogP contribution in [0.3, 0.4) is 0 Å². The maximum atomic E-state index is 6.95. The second kappa shape index (κ2) is 14.5. The predicted molar refractivity (Wildman–Crippen MR) is 288 cm³/mol. The van der Waals surface area contributed by atoms with Gasteiger partial charge in [0.25, 0.3) is 0 Å². The monoisotopic (exact) mass is 875 g/mol. The van der Waals surface area contributed by atoms with Gasteiger partial charge in [-0.2, -0.15) is 0 Å². The number of hydrogen-bond acceptors (Lipinski definition) is 2. The van der Waals surface area contributed by atoms with E-state index in [0.717, 1.165) is 55.3 Å². The minimum Gasteiger partial charge on any atom is -0.455 e. The largest absolute Gasteiger partial charge is 0.455 e. The van der Waals surface area contributed by atoms with Crippen LogP contribution in [0.1, 0.15) is 22.3 Å². The van der Waals surface area contributed by atoms with Crippen molar-refractivity contribution in [2.75, 3.05) is 4.90 Å². The molecule has 0 radical (unpaired) electrons. The number of nitrogens with zero attached hydrogens (tertiary/aromatic N) is 1. The molecular weight excluding hydrogens is 835 g/mol. The van der Waals surface area contributed by atoms with Crippen molar-refractivity contribution < 1.29 is 4.42 Å². The number of hydrogen-bond donors (Lipinski definition) is 0. The Labute approximate surface area is 399 Å². The van der Waals surface area contributed by atoms with Gasteiger partial charge in [-0.1, -0.05) is 200 Å². The molecule has 0 saturated heterocycles. The highest BCUT2D eigenvalue weighted by atomic mass is 16.3. The molecule has 13 aromatic rings. The normalized spacial score (nSPS) is 13.0. The van der Waals surface area contributed by atoms with Gasteiger partial charge in [-0.05, 0) is 142 Å². The fourth-order valence-electron chi connectivity index (χ4n) is 12.2. The number of anilines is 3. The third kappa shape index (κ3) is 5.43. The highest BCUT2D eigenvalue weighted by molar-refractivity contribution is 6.22. The third-order valence-electron chi connectivity index (χ3n) is 15.2. The molecule has 0 bridgehead atoms. The van der Waals surface area contributed by atoms with E-state index in [0.29, 0.717) is 0 Å². The van der Waals surface area contributed by atoms with Crippen molar-refractivity contribution in [2.24, 2.45) is 0 Å². The van der Waals surface area contributed by atoms with Crippen molar-refractivity contribution in [2.45, 2.75) is 5.41 Å². The standard InChI is InChI=1S/C67H41NO/c1-3-16-46-38-49(35-32-42(46)14-1)68(50-36-33-43-15-2-4-17-47(43)39-50)63-26-13-27-64-65(63)58-41-57(51-18-5-6-22-56(51)66(58)69-64)45-30-28-44(29-31-45)48-34-37-55-54-21-9-12-25-61(54)67(62(55)40-48)59-23-10-7-19-52(59)53-20-8-11-24-60(53)67/h1-41H. The van der Waals surface area contributed by atoms with Crippen molar-refractivity contribution in [3.63, 3.8) is 0 Å². The Hall–Kier alpha value is -8.98. The Morgan fingerprint density at radius 3 is 1.43 bits per heavy atom. The first-order valence-electron chi connectivity index (χ1n) is 23.9. The van der Waals surface area contributed by atoms with Gasteiger partial charge < -0.3 is 9.32 Å². The van der Waals surface area contributed by atoms with Gasteiger partial charge in [0.2, 0.25) is 0 Å². The molecule has 1 heterocycles. The molecule has 1 aromatic heterocycles. The van der Waals surface area contributed by atoms with Crippen molar-refractivity contribution in [3.8, 4) is 44.5 Å². The van der Waals surface area contributed by atoms with E-state index in [2.05, 4.69) is 254 Å². The summed E-state index contributed by atoms with van der Waals surface area (Å²) in [5.74, 6) is 0. The van der Waals surface area contributed by atoms with E-state index >= 15 is 0 Å². The average Bonchev–Trinajstić information content (AvgIpc) is 4.05. The SMILES string of the molecule is c1ccc2c(c1)-c1ccccc1C21c2ccccc2-c2ccc(-c3ccc(-c4cc5c(oc6cccc(N(c7ccc8ccccc8c7)c7ccc8ccccc8c7)c65)c5ccccc45)cc3)cc21. The lowest BCUT2D eigenvalue weighted by molar-refractivity contribution is 0.672. The molecule has 0 N–H and O–H groups in total. The van der Waals surface area contributed by atoms with Crippen LogP contribution in [0.5, 0.6) is 0 Å². The summed E-state index contributed by atoms with van der Waals surface area (Å²) in [6.07, 6.45) is 0. The number of benzene rings is 12. The van der Waals surface area contributed by atoms with Crippen LogP contribution < -0.4 is 4.90 Å². The summed E-state index contributed by atoms with van der Waals surface area (Å²) in [7, 11) is 0. The second-order valence-corrected chi connectivity index (χ2v) is 18.7. The van der Waals surface area contributed by atoms with Crippen LogP contribution in [0.15, 0.2) is 253 Å². The van der Waals surface area contributed by atoms with Crippen LogP contribution in [0.2, 0.25) is 0 Å². The molecule has 2 aliphatic rings. The van der Waals surface area contributed by atoms with Crippen molar-refractivity contribution in [1.29, 1.82) is 0 Å². The summed E-state index contributed by atoms with van der Waals surface area (Å²) in [6, 6.07) is 91.8. The van der Waals surface area contributed by atoms with Crippen LogP contribution in [-0.2, 0) is 5.41 Å². The molecule has 0 aliphatic heterocycles. The van der Waals surface area contributed by atoms with Gasteiger partial charge in [-0.25, -0.2) is 0 Å². The van der Waals surface area contributed by atoms with E-state index in [1.54, 1.807) is 0 Å². The number of furan rings is 1. The summed E-state index contributed by atoms with van der Waals surface area (Å²) in [5, 5.41) is 9.25. The summed E-state index contributed by atoms with van der Waals surface area (Å²) in [4.78, 5) is 2.40. The van der Waals surface area contributed by atoms with Gasteiger partial charge in [0.1, 0.15) is 11.2 Å². The molecule has 0 fully saturated rings. The maximum absolute atomic E-state index is 6.95. The highest BCUT2D eigenvalue weighted by Crippen LogP contribution is 2.63. The van der Waals surface area contributed by atoms with Crippen LogP contribution in [0, 0.1) is 0 Å². The Kier molecular flexibility index (Phi) is 8.02. The lowest BCUT2D eigenvalue weighted by Gasteiger charge is -2.30. The molecule has 0 atom stereocenters. The molecule has 2 aliphatic carbocycles. The lowest BCUT2D eigenvalue weighted by Crippen LogP contribution is -2.25. The zero-order chi connectivity index (χ0) is 45.2. The summed E-state index contributed by atoms with van der Waals surface area (Å²) in [6.45, 7) is 0. The van der Waals surface area contributed by atoms with Gasteiger partial charge in [-0.15, -0.1) is 0 Å². The molecule has 1 spiro atoms. The zero-order valence-electron chi connectivity index (χ0n) is 37.5. The van der Waals surface area contributed by atoms with E-state index in [-0.39, 0.29) is 5.41 Å². The first-order valence-corrected chi connectivity index (χ1v) is 23.9. The van der Waals surface area contributed by atoms with Crippen molar-refractivity contribution >= 4 is 71.3 Å². The Balaban J connectivity index is 0.895. The molecule has 2 heteroatoms. The first-order chi connectivity index (χ1) is 34.2. The summed E-state index contributed by atoms with van der Waals surface area (Å²) >= 11 is 0. The summed E-state index contributed by atoms with van der Waals surface area (Å²) < 4.78 is 6.95. The third-order valence-corrected chi connectivity index (χ3v) is 15.2. The van der Waals surface area contributed by atoms with Crippen molar-refractivity contribution in [3.05, 3.63) is 271 Å². The number of fused-ring (bicyclic) bond motifs is 17. The fourth-order valence-corrected chi connectivity index (χ4v) is 12.2. The molecule has 0 unspecified atom stereocenters. The lowest BCUT2D eigenvalue weighted by atomic mass is 9.70. The first kappa shape index (κ1) is 38.2. The molecule has 69 heavy (non-hydrogen) atoms. The molecule has 0 saturated carbocycles. The molecule has 15 rings (SSSR count). The van der Waals surface area contributed by atoms with Gasteiger partial charge in [0.05, 0.1) is 16.5 Å². The maximum Gasteiger partial charge on any atom is 0.143 e. The summed E-state index contributed by atoms with van der Waals surface area (Å²) in [5.41, 5.74) is 20.1. The van der Waals surface area contributed by atoms with Gasteiger partial charge in [0.15, 0.2) is 0 Å². The quantitative estimate of drug-likeness (QED) is 0.171. The molecule has 12 aromatic carbocycles. The molecule has 320 valence electrons. The van der Waals surface area contributed by atoms with Crippen LogP contribution >= 0.6 is 0 Å². The van der Waals surface area contributed by atoms with Crippen LogP contribution in [0.25, 0.3) is 98.8 Å². The van der Waals surface area contributed by atoms with Gasteiger partial charge >= 0.3 is 0 Å². The smallest absolute Gasteiger partial charge is 0.143 e. The fraction of sp³-hybridized carbons (Fsp3) is 0.0149. The topological polar surface area (TPSA) is 16.4 Å². The van der Waals surface area contributed by atoms with E-state index in [4.69, 9.17) is 4.42 Å². The number of rotatable bonds is 5. The average molecular weight is 876 g/mol. The predicted octanol–water partition coefficient (Wildman–Crippen LogP) is 18.2. The van der Waals surface area contributed by atoms with Crippen LogP contribution in [-0.4, -0.2) is 0 Å². The van der Waals surface area contributed by atoms with Crippen LogP contribution in [0.4, 0.5) is 17.1 Å². The van der Waals surface area contributed by atoms with E-state index in [1.807, 2.05) is 0 Å². The van der Waals surface area contributed by atoms with Gasteiger partial charge in [0, 0.05) is 22.1 Å². The Bertz CT molecular complexity index is 4130. The molecule has 0 amide bonds. The minimum atomic E-state index is -0.381. The van der Waals surface area contributed by atoms with Crippen molar-refractivity contribution in [1.82, 2.24) is 0 Å². The zero-order valence-corrected chi connectivity index (χ0v) is 37.5. The molecular formula is C67H41NO. The Morgan fingerprint density at radius 1 is 0.304 bits per heavy atom. The van der Waals surface area contributed by atoms with E-state index < -0.39 is 0 Å². The van der Waals surface area contributed by atoms with E-state index in [9.17, 15) is 0 Å². The Morgan fingerprint density at radius 2 is 0.812 bits per heavy atom. The highest BCUT2D eigenvalue weighted by Gasteiger charge is 2.51.